The summed E-state index contributed by atoms with van der Waals surface area (Å²) in [6.45, 7) is -0.194. The van der Waals surface area contributed by atoms with Crippen LogP contribution < -0.4 is 10.6 Å². The van der Waals surface area contributed by atoms with E-state index in [-0.39, 0.29) is 63.4 Å². The lowest BCUT2D eigenvalue weighted by Gasteiger charge is -2.49. The molecule has 17 nitrogen and oxygen atoms in total. The number of thioether (sulfide) groups is 2. The van der Waals surface area contributed by atoms with Gasteiger partial charge < -0.3 is 39.9 Å². The molecule has 2 amide bonds. The smallest absolute Gasteiger partial charge is 0.352 e. The first-order valence-electron chi connectivity index (χ1n) is 25.2. The summed E-state index contributed by atoms with van der Waals surface area (Å²) < 4.78 is 11.9. The number of benzene rings is 7. The van der Waals surface area contributed by atoms with E-state index >= 15 is 0 Å². The van der Waals surface area contributed by atoms with Gasteiger partial charge in [-0.05, 0) is 69.3 Å². The largest absolute Gasteiger partial charge is 0.504 e. The minimum Gasteiger partial charge on any atom is -0.504 e. The molecule has 11 rings (SSSR count). The van der Waals surface area contributed by atoms with Gasteiger partial charge in [0.1, 0.15) is 35.0 Å². The summed E-state index contributed by atoms with van der Waals surface area (Å²) in [5, 5.41) is 50.5. The number of phenols is 2. The Morgan fingerprint density at radius 3 is 1.99 bits per heavy atom. The number of aliphatic carboxylic acids is 1. The number of hydrogen-bond donors (Lipinski definition) is 5. The van der Waals surface area contributed by atoms with Crippen LogP contribution in [-0.4, -0.2) is 87.8 Å². The second kappa shape index (κ2) is 23.8. The fourth-order valence-corrected chi connectivity index (χ4v) is 12.5. The number of esters is 1. The van der Waals surface area contributed by atoms with E-state index in [1.807, 2.05) is 152 Å². The number of nitrogens with zero attached hydrogens (tertiary/aromatic N) is 5. The molecule has 2 atom stereocenters. The SMILES string of the molecule is O=C(O)C1=C(CSc2nnc(-c3ccc(O)c(O)c3)o2)CS[C@@H]2[C@H](NC(=O)/C(=N/OCc3cccc(C(=O)OC(c4ccccc4)c4ccccc4)c3)c3csc(NC(c4ccccc4)(c4ccccc4)c4ccccc4)n3)C(=O)N12. The lowest BCUT2D eigenvalue weighted by atomic mass is 9.77. The summed E-state index contributed by atoms with van der Waals surface area (Å²) in [6, 6.07) is 58.2. The van der Waals surface area contributed by atoms with Crippen LogP contribution in [-0.2, 0) is 36.1 Å². The number of carboxylic acids is 1. The molecule has 81 heavy (non-hydrogen) atoms. The molecule has 2 aromatic heterocycles. The number of aromatic nitrogens is 3. The summed E-state index contributed by atoms with van der Waals surface area (Å²) in [5.41, 5.74) is 4.56. The number of aromatic hydroxyl groups is 2. The number of fused-ring (bicyclic) bond motifs is 1. The first kappa shape index (κ1) is 53.5. The summed E-state index contributed by atoms with van der Waals surface area (Å²) in [5.74, 6) is -3.73. The normalized spacial score (nSPS) is 15.1. The molecule has 20 heteroatoms. The molecule has 404 valence electrons. The highest BCUT2D eigenvalue weighted by molar-refractivity contribution is 8.01. The van der Waals surface area contributed by atoms with Gasteiger partial charge >= 0.3 is 11.9 Å². The van der Waals surface area contributed by atoms with Crippen molar-refractivity contribution < 1.29 is 48.5 Å². The molecule has 5 N–H and O–H groups in total. The Balaban J connectivity index is 0.860. The van der Waals surface area contributed by atoms with Crippen LogP contribution in [0.2, 0.25) is 0 Å². The van der Waals surface area contributed by atoms with Crippen molar-refractivity contribution in [3.8, 4) is 23.0 Å². The second-order valence-electron chi connectivity index (χ2n) is 18.5. The predicted octanol–water partition coefficient (Wildman–Crippen LogP) is 10.4. The number of ether oxygens (including phenoxy) is 1. The first-order valence-corrected chi connectivity index (χ1v) is 28.2. The molecule has 0 radical (unpaired) electrons. The quantitative estimate of drug-likeness (QED) is 0.00907. The third-order valence-electron chi connectivity index (χ3n) is 13.4. The Bertz CT molecular complexity index is 3680. The van der Waals surface area contributed by atoms with E-state index < -0.39 is 46.8 Å². The van der Waals surface area contributed by atoms with E-state index in [9.17, 15) is 34.5 Å². The number of hydrogen-bond acceptors (Lipinski definition) is 17. The van der Waals surface area contributed by atoms with Gasteiger partial charge in [-0.3, -0.25) is 14.5 Å². The average molecular weight is 1130 g/mol. The van der Waals surface area contributed by atoms with Gasteiger partial charge in [0.05, 0.1) is 5.56 Å². The van der Waals surface area contributed by atoms with E-state index in [2.05, 4.69) is 26.0 Å². The molecule has 2 aliphatic rings. The van der Waals surface area contributed by atoms with Crippen molar-refractivity contribution in [3.05, 3.63) is 255 Å². The van der Waals surface area contributed by atoms with Crippen molar-refractivity contribution in [1.82, 2.24) is 25.4 Å². The van der Waals surface area contributed by atoms with Gasteiger partial charge in [0.15, 0.2) is 28.4 Å². The number of carbonyl (C=O) groups excluding carboxylic acids is 3. The number of β-lactam (4-membered cyclic amide) rings is 1. The Labute approximate surface area is 476 Å². The van der Waals surface area contributed by atoms with Gasteiger partial charge in [-0.15, -0.1) is 33.3 Å². The maximum Gasteiger partial charge on any atom is 0.352 e. The molecule has 1 saturated heterocycles. The van der Waals surface area contributed by atoms with Crippen LogP contribution in [0.1, 0.15) is 55.5 Å². The maximum absolute atomic E-state index is 14.7. The summed E-state index contributed by atoms with van der Waals surface area (Å²) >= 11 is 3.57. The molecule has 9 aromatic rings. The molecule has 0 bridgehead atoms. The zero-order valence-corrected chi connectivity index (χ0v) is 45.0. The molecular formula is C61H47N7O10S3. The molecule has 4 heterocycles. The van der Waals surface area contributed by atoms with Gasteiger partial charge in [0.25, 0.3) is 17.0 Å². The number of carboxylic acid groups (broad SMARTS) is 1. The Hall–Kier alpha value is -9.50. The van der Waals surface area contributed by atoms with Gasteiger partial charge in [0, 0.05) is 22.4 Å². The minimum atomic E-state index is -1.33. The van der Waals surface area contributed by atoms with Crippen LogP contribution in [0, 0.1) is 0 Å². The fraction of sp³-hybridized carbons (Fsp3) is 0.115. The molecule has 0 saturated carbocycles. The van der Waals surface area contributed by atoms with Crippen molar-refractivity contribution in [1.29, 1.82) is 0 Å². The molecule has 7 aromatic carbocycles. The minimum absolute atomic E-state index is 0.0660. The monoisotopic (exact) mass is 1130 g/mol. The highest BCUT2D eigenvalue weighted by Crippen LogP contribution is 2.43. The zero-order valence-electron chi connectivity index (χ0n) is 42.6. The van der Waals surface area contributed by atoms with Gasteiger partial charge in [0.2, 0.25) is 5.89 Å². The number of amides is 2. The highest BCUT2D eigenvalue weighted by Gasteiger charge is 2.54. The maximum atomic E-state index is 14.7. The molecule has 0 spiro atoms. The third kappa shape index (κ3) is 11.4. The number of anilines is 1. The molecule has 2 aliphatic heterocycles. The number of thiazole rings is 1. The van der Waals surface area contributed by atoms with Crippen molar-refractivity contribution >= 4 is 69.5 Å². The number of nitrogens with one attached hydrogen (secondary N) is 2. The number of oxime groups is 1. The third-order valence-corrected chi connectivity index (χ3v) is 16.4. The number of carbonyl (C=O) groups is 4. The van der Waals surface area contributed by atoms with Crippen molar-refractivity contribution in [2.45, 2.75) is 34.9 Å². The van der Waals surface area contributed by atoms with Gasteiger partial charge in [-0.25, -0.2) is 14.6 Å². The van der Waals surface area contributed by atoms with Gasteiger partial charge in [-0.1, -0.05) is 181 Å². The van der Waals surface area contributed by atoms with Crippen LogP contribution in [0.4, 0.5) is 5.13 Å². The average Bonchev–Trinajstić information content (AvgIpc) is 4.20. The molecule has 1 fully saturated rings. The second-order valence-corrected chi connectivity index (χ2v) is 21.4. The predicted molar refractivity (Wildman–Crippen MR) is 306 cm³/mol. The first-order chi connectivity index (χ1) is 39.5. The van der Waals surface area contributed by atoms with Crippen molar-refractivity contribution in [2.24, 2.45) is 5.16 Å². The summed E-state index contributed by atoms with van der Waals surface area (Å²) in [4.78, 5) is 67.6. The topological polar surface area (TPSA) is 239 Å². The van der Waals surface area contributed by atoms with E-state index in [0.717, 1.165) is 44.5 Å². The molecule has 0 aliphatic carbocycles. The van der Waals surface area contributed by atoms with Crippen LogP contribution in [0.25, 0.3) is 11.5 Å². The zero-order chi connectivity index (χ0) is 55.9. The number of rotatable bonds is 20. The highest BCUT2D eigenvalue weighted by atomic mass is 32.2. The van der Waals surface area contributed by atoms with Crippen LogP contribution >= 0.6 is 34.9 Å². The van der Waals surface area contributed by atoms with E-state index in [0.29, 0.717) is 21.8 Å². The van der Waals surface area contributed by atoms with Crippen molar-refractivity contribution in [3.63, 3.8) is 0 Å². The Morgan fingerprint density at radius 2 is 1.38 bits per heavy atom. The van der Waals surface area contributed by atoms with E-state index in [4.69, 9.17) is 19.0 Å². The molecular weight excluding hydrogens is 1090 g/mol. The fourth-order valence-electron chi connectivity index (χ4n) is 9.50. The lowest BCUT2D eigenvalue weighted by Crippen LogP contribution is -2.71. The van der Waals surface area contributed by atoms with Crippen LogP contribution in [0.3, 0.4) is 0 Å². The summed E-state index contributed by atoms with van der Waals surface area (Å²) in [7, 11) is 0. The molecule has 0 unspecified atom stereocenters. The van der Waals surface area contributed by atoms with E-state index in [1.165, 1.54) is 41.3 Å². The van der Waals surface area contributed by atoms with Gasteiger partial charge in [-0.2, -0.15) is 0 Å². The summed E-state index contributed by atoms with van der Waals surface area (Å²) in [6.07, 6.45) is -0.677. The standard InChI is InChI=1S/C61H47N7O10S3/c69-47-30-29-40(32-48(47)70)54-65-66-60(78-54)81-35-42-34-79-56-50(55(72)68(56)51(42)57(73)74)63-53(71)49(67-76-33-37-17-16-22-41(31-37)58(75)77-52(38-18-6-1-7-19-38)39-20-8-2-9-21-39)46-36-80-59(62-46)64-61(43-23-10-3-11-24-43,44-25-12-4-13-26-44)45-27-14-5-15-28-45/h1-32,36,50,52,56,69-70H,33-35H2,(H,62,64)(H,63,71)(H,73,74)/b67-49+/t50-,56-/m1/s1. The lowest BCUT2D eigenvalue weighted by molar-refractivity contribution is -0.150. The number of phenolic OH excluding ortho intramolecular Hbond substituents is 2. The van der Waals surface area contributed by atoms with E-state index in [1.54, 1.807) is 29.6 Å². The van der Waals surface area contributed by atoms with Crippen LogP contribution in [0.15, 0.2) is 226 Å². The van der Waals surface area contributed by atoms with Crippen LogP contribution in [0.5, 0.6) is 11.5 Å². The Morgan fingerprint density at radius 1 is 0.765 bits per heavy atom. The Kier molecular flexibility index (Phi) is 15.8. The van der Waals surface area contributed by atoms with Crippen molar-refractivity contribution in [2.75, 3.05) is 16.8 Å².